The summed E-state index contributed by atoms with van der Waals surface area (Å²) in [5.41, 5.74) is 0.122. The molecule has 2 fully saturated rings. The summed E-state index contributed by atoms with van der Waals surface area (Å²) in [6.45, 7) is -2.46. The topological polar surface area (TPSA) is 196 Å². The Balaban J connectivity index is 1.87. The molecule has 0 radical (unpaired) electrons. The largest absolute Gasteiger partial charge is 0.450 e. The van der Waals surface area contributed by atoms with Gasteiger partial charge in [-0.25, -0.2) is 4.79 Å². The van der Waals surface area contributed by atoms with Crippen molar-refractivity contribution in [3.8, 4) is 0 Å². The number of carbonyl (C=O) groups excluding carboxylic acids is 1. The molecular weight excluding hydrogens is 420 g/mol. The van der Waals surface area contributed by atoms with Crippen molar-refractivity contribution < 1.29 is 59.5 Å². The van der Waals surface area contributed by atoms with E-state index >= 15 is 0 Å². The van der Waals surface area contributed by atoms with Gasteiger partial charge in [0.05, 0.1) is 18.8 Å². The first-order valence-electron chi connectivity index (χ1n) is 9.60. The Labute approximate surface area is 176 Å². The van der Waals surface area contributed by atoms with Crippen LogP contribution in [0.5, 0.6) is 0 Å². The lowest BCUT2D eigenvalue weighted by molar-refractivity contribution is -0.382. The van der Waals surface area contributed by atoms with Crippen LogP contribution in [0.25, 0.3) is 0 Å². The van der Waals surface area contributed by atoms with Crippen molar-refractivity contribution in [2.45, 2.75) is 54.8 Å². The summed E-state index contributed by atoms with van der Waals surface area (Å²) in [7, 11) is 0. The molecule has 0 aromatic heterocycles. The molecule has 12 nitrogen and oxygen atoms in total. The van der Waals surface area contributed by atoms with Gasteiger partial charge in [-0.1, -0.05) is 18.2 Å². The van der Waals surface area contributed by atoms with E-state index < -0.39 is 80.6 Å². The van der Waals surface area contributed by atoms with Crippen molar-refractivity contribution in [3.63, 3.8) is 0 Å². The first-order valence-corrected chi connectivity index (χ1v) is 9.60. The molecule has 0 bridgehead atoms. The fourth-order valence-electron chi connectivity index (χ4n) is 3.51. The van der Waals surface area contributed by atoms with Crippen molar-refractivity contribution in [2.75, 3.05) is 19.8 Å². The lowest BCUT2D eigenvalue weighted by Crippen LogP contribution is -2.63. The predicted octanol–water partition coefficient (Wildman–Crippen LogP) is -3.53. The lowest BCUT2D eigenvalue weighted by Gasteiger charge is -2.44. The van der Waals surface area contributed by atoms with Crippen molar-refractivity contribution in [1.82, 2.24) is 0 Å². The molecule has 1 aromatic carbocycles. The minimum Gasteiger partial charge on any atom is -0.450 e. The molecule has 0 aliphatic carbocycles. The van der Waals surface area contributed by atoms with Gasteiger partial charge in [0.15, 0.2) is 6.10 Å². The molecule has 0 saturated carbocycles. The standard InChI is InChI=1S/C19H26O12/c20-6-10-12(23)14(25)15(29-17(27)9-4-2-1-3-5-9)18(28-10)31-19(8-22)16(26)13(24)11(7-21)30-19/h1-5,10-16,18,20-26H,6-8H2/t10-,11-,12-,13-,14+,15-,16+,18-,19+/m1/s1. The van der Waals surface area contributed by atoms with Crippen LogP contribution in [0.3, 0.4) is 0 Å². The molecule has 0 spiro atoms. The number of carbonyl (C=O) groups is 1. The van der Waals surface area contributed by atoms with E-state index in [9.17, 15) is 40.5 Å². The van der Waals surface area contributed by atoms with Gasteiger partial charge < -0.3 is 54.7 Å². The fraction of sp³-hybridized carbons (Fsp3) is 0.632. The van der Waals surface area contributed by atoms with Gasteiger partial charge >= 0.3 is 5.97 Å². The van der Waals surface area contributed by atoms with Crippen LogP contribution >= 0.6 is 0 Å². The molecule has 1 aromatic rings. The fourth-order valence-corrected chi connectivity index (χ4v) is 3.51. The molecule has 2 saturated heterocycles. The van der Waals surface area contributed by atoms with E-state index in [2.05, 4.69) is 0 Å². The number of rotatable bonds is 7. The first-order chi connectivity index (χ1) is 14.8. The number of hydrogen-bond donors (Lipinski definition) is 7. The zero-order valence-corrected chi connectivity index (χ0v) is 16.3. The van der Waals surface area contributed by atoms with Gasteiger partial charge in [0.2, 0.25) is 12.1 Å². The van der Waals surface area contributed by atoms with Crippen LogP contribution in [-0.2, 0) is 18.9 Å². The molecule has 0 amide bonds. The average molecular weight is 446 g/mol. The van der Waals surface area contributed by atoms with Crippen LogP contribution in [0.15, 0.2) is 30.3 Å². The number of benzene rings is 1. The zero-order chi connectivity index (χ0) is 22.8. The molecule has 174 valence electrons. The summed E-state index contributed by atoms with van der Waals surface area (Å²) < 4.78 is 21.5. The molecular formula is C19H26O12. The Kier molecular flexibility index (Phi) is 7.59. The SMILES string of the molecule is O=C(O[C@H]1[C@@H](O[C@]2(CO)O[C@H](CO)[C@@H](O)[C@@H]2O)O[C@H](CO)[C@@H](O)[C@@H]1O)c1ccccc1. The summed E-state index contributed by atoms with van der Waals surface area (Å²) in [4.78, 5) is 12.5. The van der Waals surface area contributed by atoms with Crippen LogP contribution in [0.4, 0.5) is 0 Å². The van der Waals surface area contributed by atoms with Gasteiger partial charge in [-0.15, -0.1) is 0 Å². The van der Waals surface area contributed by atoms with Crippen molar-refractivity contribution in [1.29, 1.82) is 0 Å². The Bertz CT molecular complexity index is 732. The van der Waals surface area contributed by atoms with E-state index in [1.807, 2.05) is 0 Å². The third kappa shape index (κ3) is 4.59. The highest BCUT2D eigenvalue weighted by Crippen LogP contribution is 2.36. The molecule has 2 aliphatic heterocycles. The second kappa shape index (κ2) is 9.83. The van der Waals surface area contributed by atoms with Gasteiger partial charge in [0.1, 0.15) is 43.2 Å². The molecule has 12 heteroatoms. The Morgan fingerprint density at radius 3 is 2.13 bits per heavy atom. The number of aliphatic hydroxyl groups is 7. The minimum absolute atomic E-state index is 0.122. The Morgan fingerprint density at radius 1 is 0.935 bits per heavy atom. The van der Waals surface area contributed by atoms with Gasteiger partial charge in [-0.05, 0) is 12.1 Å². The van der Waals surface area contributed by atoms with E-state index in [0.717, 1.165) is 0 Å². The second-order valence-corrected chi connectivity index (χ2v) is 7.30. The maximum Gasteiger partial charge on any atom is 0.338 e. The van der Waals surface area contributed by atoms with E-state index in [1.165, 1.54) is 12.1 Å². The number of aliphatic hydroxyl groups excluding tert-OH is 7. The van der Waals surface area contributed by atoms with Crippen LogP contribution in [0.1, 0.15) is 10.4 Å². The quantitative estimate of drug-likeness (QED) is 0.204. The molecule has 9 atom stereocenters. The normalized spacial score (nSPS) is 40.6. The predicted molar refractivity (Wildman–Crippen MR) is 98.3 cm³/mol. The second-order valence-electron chi connectivity index (χ2n) is 7.30. The maximum atomic E-state index is 12.5. The number of ether oxygens (including phenoxy) is 4. The zero-order valence-electron chi connectivity index (χ0n) is 16.3. The van der Waals surface area contributed by atoms with Gasteiger partial charge in [-0.3, -0.25) is 0 Å². The first kappa shape index (κ1) is 23.9. The third-order valence-electron chi connectivity index (χ3n) is 5.30. The highest BCUT2D eigenvalue weighted by Gasteiger charge is 2.59. The molecule has 2 heterocycles. The summed E-state index contributed by atoms with van der Waals surface area (Å²) in [6, 6.07) is 7.72. The van der Waals surface area contributed by atoms with Crippen LogP contribution < -0.4 is 0 Å². The highest BCUT2D eigenvalue weighted by molar-refractivity contribution is 5.89. The molecule has 31 heavy (non-hydrogen) atoms. The molecule has 7 N–H and O–H groups in total. The van der Waals surface area contributed by atoms with Crippen LogP contribution in [-0.4, -0.2) is 116 Å². The summed E-state index contributed by atoms with van der Waals surface area (Å²) in [6.07, 6.45) is -13.0. The van der Waals surface area contributed by atoms with E-state index in [-0.39, 0.29) is 5.56 Å². The molecule has 2 aliphatic rings. The monoisotopic (exact) mass is 446 g/mol. The summed E-state index contributed by atoms with van der Waals surface area (Å²) >= 11 is 0. The van der Waals surface area contributed by atoms with Crippen LogP contribution in [0, 0.1) is 0 Å². The molecule has 0 unspecified atom stereocenters. The van der Waals surface area contributed by atoms with Crippen molar-refractivity contribution >= 4 is 5.97 Å². The number of hydrogen-bond acceptors (Lipinski definition) is 12. The third-order valence-corrected chi connectivity index (χ3v) is 5.30. The maximum absolute atomic E-state index is 12.5. The smallest absolute Gasteiger partial charge is 0.338 e. The van der Waals surface area contributed by atoms with Crippen molar-refractivity contribution in [2.24, 2.45) is 0 Å². The Hall–Kier alpha value is -1.71. The minimum atomic E-state index is -2.31. The van der Waals surface area contributed by atoms with Crippen LogP contribution in [0.2, 0.25) is 0 Å². The summed E-state index contributed by atoms with van der Waals surface area (Å²) in [5.74, 6) is -3.20. The van der Waals surface area contributed by atoms with Gasteiger partial charge in [-0.2, -0.15) is 0 Å². The lowest BCUT2D eigenvalue weighted by atomic mass is 9.98. The van der Waals surface area contributed by atoms with E-state index in [0.29, 0.717) is 0 Å². The highest BCUT2D eigenvalue weighted by atomic mass is 16.8. The van der Waals surface area contributed by atoms with Crippen molar-refractivity contribution in [3.05, 3.63) is 35.9 Å². The average Bonchev–Trinajstić information content (AvgIpc) is 3.04. The van der Waals surface area contributed by atoms with Gasteiger partial charge in [0, 0.05) is 0 Å². The van der Waals surface area contributed by atoms with E-state index in [4.69, 9.17) is 18.9 Å². The summed E-state index contributed by atoms with van der Waals surface area (Å²) in [5, 5.41) is 69.6. The van der Waals surface area contributed by atoms with E-state index in [1.54, 1.807) is 18.2 Å². The molecule has 3 rings (SSSR count). The number of esters is 1. The Morgan fingerprint density at radius 2 is 1.58 bits per heavy atom. The van der Waals surface area contributed by atoms with Gasteiger partial charge in [0.25, 0.3) is 0 Å².